The van der Waals surface area contributed by atoms with Crippen LogP contribution in [0.5, 0.6) is 0 Å². The number of rotatable bonds is 17. The SMILES string of the molecule is CCCCCCCCCCCCCCCOC(=O)C(C)NC(=O)c1cc(F)ccc1F. The van der Waals surface area contributed by atoms with Gasteiger partial charge < -0.3 is 10.1 Å². The summed E-state index contributed by atoms with van der Waals surface area (Å²) in [5, 5.41) is 2.34. The Kier molecular flexibility index (Phi) is 14.6. The van der Waals surface area contributed by atoms with E-state index >= 15 is 0 Å². The van der Waals surface area contributed by atoms with Crippen molar-refractivity contribution in [1.82, 2.24) is 5.32 Å². The number of ether oxygens (including phenoxy) is 1. The fourth-order valence-corrected chi connectivity index (χ4v) is 3.42. The molecular formula is C25H39F2NO3. The molecule has 0 spiro atoms. The summed E-state index contributed by atoms with van der Waals surface area (Å²) in [6, 6.07) is 1.68. The second-order valence-electron chi connectivity index (χ2n) is 8.23. The lowest BCUT2D eigenvalue weighted by molar-refractivity contribution is -0.145. The molecule has 0 heterocycles. The largest absolute Gasteiger partial charge is 0.464 e. The Bertz CT molecular complexity index is 652. The summed E-state index contributed by atoms with van der Waals surface area (Å²) in [6.07, 6.45) is 16.1. The molecule has 0 aliphatic carbocycles. The predicted octanol–water partition coefficient (Wildman–Crippen LogP) is 6.72. The number of hydrogen-bond acceptors (Lipinski definition) is 3. The average molecular weight is 440 g/mol. The highest BCUT2D eigenvalue weighted by Gasteiger charge is 2.20. The summed E-state index contributed by atoms with van der Waals surface area (Å²) in [4.78, 5) is 24.0. The van der Waals surface area contributed by atoms with E-state index in [2.05, 4.69) is 12.2 Å². The number of esters is 1. The van der Waals surface area contributed by atoms with Crippen LogP contribution in [0.3, 0.4) is 0 Å². The second kappa shape index (κ2) is 16.7. The summed E-state index contributed by atoms with van der Waals surface area (Å²) in [6.45, 7) is 4.00. The van der Waals surface area contributed by atoms with E-state index in [1.54, 1.807) is 0 Å². The molecule has 1 unspecified atom stereocenters. The van der Waals surface area contributed by atoms with Crippen LogP contribution in [0.2, 0.25) is 0 Å². The van der Waals surface area contributed by atoms with Crippen LogP contribution in [-0.4, -0.2) is 24.5 Å². The molecule has 0 aliphatic rings. The van der Waals surface area contributed by atoms with Crippen molar-refractivity contribution in [2.24, 2.45) is 0 Å². The third kappa shape index (κ3) is 12.5. The zero-order valence-electron chi connectivity index (χ0n) is 19.2. The van der Waals surface area contributed by atoms with Gasteiger partial charge in [-0.15, -0.1) is 0 Å². The zero-order valence-corrected chi connectivity index (χ0v) is 19.2. The molecule has 0 saturated heterocycles. The molecule has 31 heavy (non-hydrogen) atoms. The van der Waals surface area contributed by atoms with Crippen molar-refractivity contribution in [1.29, 1.82) is 0 Å². The number of carbonyl (C=O) groups is 2. The molecule has 0 bridgehead atoms. The lowest BCUT2D eigenvalue weighted by Gasteiger charge is -2.14. The summed E-state index contributed by atoms with van der Waals surface area (Å²) >= 11 is 0. The summed E-state index contributed by atoms with van der Waals surface area (Å²) < 4.78 is 32.0. The first-order valence-electron chi connectivity index (χ1n) is 11.9. The molecule has 0 aromatic heterocycles. The van der Waals surface area contributed by atoms with Crippen LogP contribution in [-0.2, 0) is 9.53 Å². The minimum absolute atomic E-state index is 0.297. The van der Waals surface area contributed by atoms with Gasteiger partial charge in [-0.05, 0) is 31.5 Å². The number of amides is 1. The fraction of sp³-hybridized carbons (Fsp3) is 0.680. The molecule has 0 aliphatic heterocycles. The molecule has 6 heteroatoms. The number of halogens is 2. The van der Waals surface area contributed by atoms with Crippen molar-refractivity contribution in [3.05, 3.63) is 35.4 Å². The first kappa shape index (κ1) is 27.1. The lowest BCUT2D eigenvalue weighted by atomic mass is 10.0. The van der Waals surface area contributed by atoms with Crippen LogP contribution in [0, 0.1) is 11.6 Å². The van der Waals surface area contributed by atoms with Gasteiger partial charge in [-0.3, -0.25) is 4.79 Å². The van der Waals surface area contributed by atoms with Gasteiger partial charge in [0.2, 0.25) is 0 Å². The first-order valence-corrected chi connectivity index (χ1v) is 11.9. The van der Waals surface area contributed by atoms with Gasteiger partial charge in [0.1, 0.15) is 17.7 Å². The standard InChI is InChI=1S/C25H39F2NO3/c1-3-4-5-6-7-8-9-10-11-12-13-14-15-18-31-25(30)20(2)28-24(29)22-19-21(26)16-17-23(22)27/h16-17,19-20H,3-15,18H2,1-2H3,(H,28,29). The van der Waals surface area contributed by atoms with Gasteiger partial charge in [-0.25, -0.2) is 13.6 Å². The summed E-state index contributed by atoms with van der Waals surface area (Å²) in [5.41, 5.74) is -0.434. The maximum atomic E-state index is 13.6. The molecule has 1 atom stereocenters. The van der Waals surface area contributed by atoms with Crippen LogP contribution in [0.4, 0.5) is 8.78 Å². The van der Waals surface area contributed by atoms with Crippen LogP contribution in [0.15, 0.2) is 18.2 Å². The van der Waals surface area contributed by atoms with Crippen LogP contribution >= 0.6 is 0 Å². The molecular weight excluding hydrogens is 400 g/mol. The van der Waals surface area contributed by atoms with E-state index in [1.807, 2.05) is 0 Å². The van der Waals surface area contributed by atoms with Gasteiger partial charge in [-0.2, -0.15) is 0 Å². The van der Waals surface area contributed by atoms with Crippen LogP contribution in [0.25, 0.3) is 0 Å². The molecule has 4 nitrogen and oxygen atoms in total. The molecule has 176 valence electrons. The summed E-state index contributed by atoms with van der Waals surface area (Å²) in [5.74, 6) is -2.98. The van der Waals surface area contributed by atoms with Gasteiger partial charge >= 0.3 is 5.97 Å². The monoisotopic (exact) mass is 439 g/mol. The van der Waals surface area contributed by atoms with Crippen molar-refractivity contribution in [2.45, 2.75) is 103 Å². The highest BCUT2D eigenvalue weighted by molar-refractivity contribution is 5.96. The summed E-state index contributed by atoms with van der Waals surface area (Å²) in [7, 11) is 0. The zero-order chi connectivity index (χ0) is 22.9. The van der Waals surface area contributed by atoms with E-state index in [0.717, 1.165) is 37.5 Å². The average Bonchev–Trinajstić information content (AvgIpc) is 2.75. The molecule has 1 aromatic carbocycles. The number of nitrogens with one attached hydrogen (secondary N) is 1. The normalized spacial score (nSPS) is 11.9. The quantitative estimate of drug-likeness (QED) is 0.217. The van der Waals surface area contributed by atoms with Gasteiger partial charge in [-0.1, -0.05) is 84.0 Å². The van der Waals surface area contributed by atoms with Crippen LogP contribution in [0.1, 0.15) is 108 Å². The van der Waals surface area contributed by atoms with E-state index < -0.39 is 35.1 Å². The van der Waals surface area contributed by atoms with Crippen molar-refractivity contribution in [3.8, 4) is 0 Å². The third-order valence-electron chi connectivity index (χ3n) is 5.37. The Morgan fingerprint density at radius 1 is 0.871 bits per heavy atom. The van der Waals surface area contributed by atoms with Gasteiger partial charge in [0.25, 0.3) is 5.91 Å². The van der Waals surface area contributed by atoms with Crippen molar-refractivity contribution < 1.29 is 23.1 Å². The second-order valence-corrected chi connectivity index (χ2v) is 8.23. The molecule has 1 amide bonds. The number of hydrogen-bond donors (Lipinski definition) is 1. The Labute approximate surface area is 186 Å². The minimum Gasteiger partial charge on any atom is -0.464 e. The van der Waals surface area contributed by atoms with Gasteiger partial charge in [0, 0.05) is 0 Å². The van der Waals surface area contributed by atoms with Crippen molar-refractivity contribution in [2.75, 3.05) is 6.61 Å². The highest BCUT2D eigenvalue weighted by atomic mass is 19.1. The maximum Gasteiger partial charge on any atom is 0.328 e. The Morgan fingerprint density at radius 3 is 1.94 bits per heavy atom. The Hall–Kier alpha value is -1.98. The van der Waals surface area contributed by atoms with Gasteiger partial charge in [0.15, 0.2) is 0 Å². The van der Waals surface area contributed by atoms with E-state index in [1.165, 1.54) is 71.1 Å². The fourth-order valence-electron chi connectivity index (χ4n) is 3.42. The highest BCUT2D eigenvalue weighted by Crippen LogP contribution is 2.13. The van der Waals surface area contributed by atoms with E-state index in [9.17, 15) is 18.4 Å². The third-order valence-corrected chi connectivity index (χ3v) is 5.37. The van der Waals surface area contributed by atoms with Crippen molar-refractivity contribution in [3.63, 3.8) is 0 Å². The number of benzene rings is 1. The molecule has 1 aromatic rings. The Morgan fingerprint density at radius 2 is 1.39 bits per heavy atom. The Balaban J connectivity index is 2.03. The number of unbranched alkanes of at least 4 members (excludes halogenated alkanes) is 12. The molecule has 0 radical (unpaired) electrons. The number of carbonyl (C=O) groups excluding carboxylic acids is 2. The predicted molar refractivity (Wildman–Crippen MR) is 120 cm³/mol. The lowest BCUT2D eigenvalue weighted by Crippen LogP contribution is -2.40. The first-order chi connectivity index (χ1) is 15.0. The smallest absolute Gasteiger partial charge is 0.328 e. The molecule has 0 saturated carbocycles. The van der Waals surface area contributed by atoms with E-state index in [-0.39, 0.29) is 0 Å². The van der Waals surface area contributed by atoms with Crippen molar-refractivity contribution >= 4 is 11.9 Å². The molecule has 1 rings (SSSR count). The molecule has 1 N–H and O–H groups in total. The van der Waals surface area contributed by atoms with E-state index in [0.29, 0.717) is 6.61 Å². The minimum atomic E-state index is -0.933. The van der Waals surface area contributed by atoms with Crippen LogP contribution < -0.4 is 5.32 Å². The van der Waals surface area contributed by atoms with E-state index in [4.69, 9.17) is 4.74 Å². The van der Waals surface area contributed by atoms with Gasteiger partial charge in [0.05, 0.1) is 12.2 Å². The molecule has 0 fully saturated rings. The topological polar surface area (TPSA) is 55.4 Å². The maximum absolute atomic E-state index is 13.6.